The highest BCUT2D eigenvalue weighted by molar-refractivity contribution is 7.99. The number of nitrogens with zero attached hydrogens (tertiary/aromatic N) is 3. The molecule has 0 aliphatic carbocycles. The van der Waals surface area contributed by atoms with Gasteiger partial charge in [0.2, 0.25) is 11.8 Å². The summed E-state index contributed by atoms with van der Waals surface area (Å²) in [5, 5.41) is 8.32. The van der Waals surface area contributed by atoms with Gasteiger partial charge in [0.1, 0.15) is 0 Å². The lowest BCUT2D eigenvalue weighted by molar-refractivity contribution is -0.127. The molecule has 1 heterocycles. The van der Waals surface area contributed by atoms with E-state index in [2.05, 4.69) is 10.2 Å². The monoisotopic (exact) mass is 334 g/mol. The van der Waals surface area contributed by atoms with Gasteiger partial charge in [-0.1, -0.05) is 42.1 Å². The molecule has 0 radical (unpaired) electrons. The van der Waals surface area contributed by atoms with E-state index in [-0.39, 0.29) is 17.7 Å². The molecule has 2 N–H and O–H groups in total. The minimum Gasteiger partial charge on any atom is -0.414 e. The zero-order valence-corrected chi connectivity index (χ0v) is 14.3. The Labute approximate surface area is 140 Å². The molecule has 1 atom stereocenters. The predicted molar refractivity (Wildman–Crippen MR) is 90.0 cm³/mol. The van der Waals surface area contributed by atoms with Gasteiger partial charge in [0.15, 0.2) is 0 Å². The minimum absolute atomic E-state index is 0.0633. The van der Waals surface area contributed by atoms with Crippen LogP contribution in [0.15, 0.2) is 40.0 Å². The van der Waals surface area contributed by atoms with Crippen molar-refractivity contribution < 1.29 is 9.21 Å². The van der Waals surface area contributed by atoms with E-state index >= 15 is 0 Å². The molecule has 0 saturated heterocycles. The quantitative estimate of drug-likeness (QED) is 0.745. The predicted octanol–water partition coefficient (Wildman–Crippen LogP) is 2.27. The fourth-order valence-electron chi connectivity index (χ4n) is 2.17. The molecule has 0 aliphatic rings. The first-order chi connectivity index (χ1) is 11.1. The molecule has 1 amide bonds. The van der Waals surface area contributed by atoms with Gasteiger partial charge in [0, 0.05) is 13.1 Å². The lowest BCUT2D eigenvalue weighted by Crippen LogP contribution is -2.31. The molecule has 1 aromatic heterocycles. The topological polar surface area (TPSA) is 85.2 Å². The first kappa shape index (κ1) is 17.5. The Morgan fingerprint density at radius 1 is 1.26 bits per heavy atom. The zero-order chi connectivity index (χ0) is 16.7. The molecule has 23 heavy (non-hydrogen) atoms. The third-order valence-corrected chi connectivity index (χ3v) is 4.28. The van der Waals surface area contributed by atoms with E-state index in [0.717, 1.165) is 5.56 Å². The number of carbonyl (C=O) groups is 1. The van der Waals surface area contributed by atoms with E-state index in [4.69, 9.17) is 10.2 Å². The van der Waals surface area contributed by atoms with Crippen molar-refractivity contribution in [2.45, 2.75) is 31.5 Å². The third kappa shape index (κ3) is 5.07. The summed E-state index contributed by atoms with van der Waals surface area (Å²) in [6.45, 7) is 5.32. The molecule has 0 unspecified atom stereocenters. The summed E-state index contributed by atoms with van der Waals surface area (Å²) in [6, 6.07) is 9.57. The Morgan fingerprint density at radius 2 is 1.96 bits per heavy atom. The summed E-state index contributed by atoms with van der Waals surface area (Å²) in [5.41, 5.74) is 7.22. The molecule has 7 heteroatoms. The van der Waals surface area contributed by atoms with Crippen molar-refractivity contribution in [1.82, 2.24) is 15.1 Å². The number of carbonyl (C=O) groups excluding carboxylic acids is 1. The fourth-order valence-corrected chi connectivity index (χ4v) is 2.85. The van der Waals surface area contributed by atoms with Gasteiger partial charge in [-0.05, 0) is 25.8 Å². The fraction of sp³-hybridized carbons (Fsp3) is 0.438. The lowest BCUT2D eigenvalue weighted by atomic mass is 10.1. The van der Waals surface area contributed by atoms with Crippen molar-refractivity contribution in [2.24, 2.45) is 5.73 Å². The number of hydrogen-bond donors (Lipinski definition) is 1. The maximum absolute atomic E-state index is 12.0. The van der Waals surface area contributed by atoms with Crippen LogP contribution in [0, 0.1) is 0 Å². The summed E-state index contributed by atoms with van der Waals surface area (Å²) in [7, 11) is 0. The van der Waals surface area contributed by atoms with Gasteiger partial charge in [-0.3, -0.25) is 4.79 Å². The molecule has 124 valence electrons. The largest absolute Gasteiger partial charge is 0.414 e. The maximum Gasteiger partial charge on any atom is 0.277 e. The lowest BCUT2D eigenvalue weighted by Gasteiger charge is -2.17. The summed E-state index contributed by atoms with van der Waals surface area (Å²) in [6.07, 6.45) is 0.630. The van der Waals surface area contributed by atoms with Gasteiger partial charge in [-0.15, -0.1) is 10.2 Å². The van der Waals surface area contributed by atoms with Crippen LogP contribution in [-0.4, -0.2) is 39.8 Å². The van der Waals surface area contributed by atoms with Crippen LogP contribution in [0.25, 0.3) is 0 Å². The van der Waals surface area contributed by atoms with Crippen molar-refractivity contribution in [3.63, 3.8) is 0 Å². The van der Waals surface area contributed by atoms with Gasteiger partial charge in [0.05, 0.1) is 11.8 Å². The molecular weight excluding hydrogens is 312 g/mol. The second-order valence-corrected chi connectivity index (χ2v) is 5.98. The van der Waals surface area contributed by atoms with Crippen LogP contribution in [-0.2, 0) is 11.2 Å². The summed E-state index contributed by atoms with van der Waals surface area (Å²) >= 11 is 1.25. The molecule has 2 aromatic rings. The van der Waals surface area contributed by atoms with E-state index in [1.165, 1.54) is 11.8 Å². The number of benzene rings is 1. The standard InChI is InChI=1S/C16H22N4O2S/c1-3-20(4-2)14(21)11-23-16-19-18-15(22-16)13(17)10-12-8-6-5-7-9-12/h5-9,13H,3-4,10-11,17H2,1-2H3/t13-/m0/s1. The van der Waals surface area contributed by atoms with Gasteiger partial charge in [-0.25, -0.2) is 0 Å². The molecule has 0 fully saturated rings. The first-order valence-electron chi connectivity index (χ1n) is 7.67. The Hall–Kier alpha value is -1.86. The molecule has 2 rings (SSSR count). The SMILES string of the molecule is CCN(CC)C(=O)CSc1nnc([C@@H](N)Cc2ccccc2)o1. The van der Waals surface area contributed by atoms with Crippen LogP contribution in [0.3, 0.4) is 0 Å². The number of aromatic nitrogens is 2. The highest BCUT2D eigenvalue weighted by atomic mass is 32.2. The van der Waals surface area contributed by atoms with Crippen LogP contribution < -0.4 is 5.73 Å². The van der Waals surface area contributed by atoms with Gasteiger partial charge in [0.25, 0.3) is 5.22 Å². The number of rotatable bonds is 8. The van der Waals surface area contributed by atoms with Crippen molar-refractivity contribution >= 4 is 17.7 Å². The second kappa shape index (κ2) is 8.69. The number of hydrogen-bond acceptors (Lipinski definition) is 6. The summed E-state index contributed by atoms with van der Waals surface area (Å²) < 4.78 is 5.56. The molecule has 0 bridgehead atoms. The van der Waals surface area contributed by atoms with Crippen molar-refractivity contribution in [3.8, 4) is 0 Å². The molecule has 0 spiro atoms. The molecule has 0 saturated carbocycles. The van der Waals surface area contributed by atoms with Gasteiger partial charge < -0.3 is 15.1 Å². The van der Waals surface area contributed by atoms with E-state index in [9.17, 15) is 4.79 Å². The number of amides is 1. The number of thioether (sulfide) groups is 1. The summed E-state index contributed by atoms with van der Waals surface area (Å²) in [5.74, 6) is 0.747. The normalized spacial score (nSPS) is 12.1. The van der Waals surface area contributed by atoms with E-state index < -0.39 is 0 Å². The van der Waals surface area contributed by atoms with Crippen LogP contribution in [0.2, 0.25) is 0 Å². The van der Waals surface area contributed by atoms with Crippen LogP contribution in [0.4, 0.5) is 0 Å². The van der Waals surface area contributed by atoms with Gasteiger partial charge in [-0.2, -0.15) is 0 Å². The van der Waals surface area contributed by atoms with Crippen molar-refractivity contribution in [2.75, 3.05) is 18.8 Å². The molecule has 6 nitrogen and oxygen atoms in total. The van der Waals surface area contributed by atoms with E-state index in [1.54, 1.807) is 4.90 Å². The average molecular weight is 334 g/mol. The summed E-state index contributed by atoms with van der Waals surface area (Å²) in [4.78, 5) is 13.7. The Bertz CT molecular complexity index is 614. The Kier molecular flexibility index (Phi) is 6.61. The highest BCUT2D eigenvalue weighted by Gasteiger charge is 2.17. The maximum atomic E-state index is 12.0. The molecular formula is C16H22N4O2S. The number of nitrogens with two attached hydrogens (primary N) is 1. The van der Waals surface area contributed by atoms with Gasteiger partial charge >= 0.3 is 0 Å². The van der Waals surface area contributed by atoms with Crippen LogP contribution in [0.1, 0.15) is 31.3 Å². The highest BCUT2D eigenvalue weighted by Crippen LogP contribution is 2.21. The van der Waals surface area contributed by atoms with Crippen LogP contribution in [0.5, 0.6) is 0 Å². The zero-order valence-electron chi connectivity index (χ0n) is 13.4. The smallest absolute Gasteiger partial charge is 0.277 e. The van der Waals surface area contributed by atoms with Crippen molar-refractivity contribution in [3.05, 3.63) is 41.8 Å². The first-order valence-corrected chi connectivity index (χ1v) is 8.66. The minimum atomic E-state index is -0.349. The Morgan fingerprint density at radius 3 is 2.61 bits per heavy atom. The average Bonchev–Trinajstić information content (AvgIpc) is 3.04. The third-order valence-electron chi connectivity index (χ3n) is 3.47. The Balaban J connectivity index is 1.89. The molecule has 1 aromatic carbocycles. The van der Waals surface area contributed by atoms with E-state index in [0.29, 0.717) is 30.6 Å². The van der Waals surface area contributed by atoms with Crippen molar-refractivity contribution in [1.29, 1.82) is 0 Å². The molecule has 0 aliphatic heterocycles. The second-order valence-electron chi connectivity index (χ2n) is 5.06. The van der Waals surface area contributed by atoms with E-state index in [1.807, 2.05) is 44.2 Å². The van der Waals surface area contributed by atoms with Crippen LogP contribution >= 0.6 is 11.8 Å².